The Labute approximate surface area is 120 Å². The third-order valence-corrected chi connectivity index (χ3v) is 3.96. The molecule has 2 fully saturated rings. The second-order valence-electron chi connectivity index (χ2n) is 6.67. The Balaban J connectivity index is 2.18. The largest absolute Gasteiger partial charge is 0.464 e. The Bertz CT molecular complexity index is 388. The Morgan fingerprint density at radius 3 is 2.55 bits per heavy atom. The molecule has 0 radical (unpaired) electrons. The van der Waals surface area contributed by atoms with E-state index < -0.39 is 11.6 Å². The van der Waals surface area contributed by atoms with Crippen molar-refractivity contribution in [2.75, 3.05) is 6.61 Å². The highest BCUT2D eigenvalue weighted by Gasteiger charge is 2.51. The second kappa shape index (κ2) is 5.62. The number of carbonyl (C=O) groups is 2. The molecule has 0 spiro atoms. The molecule has 20 heavy (non-hydrogen) atoms. The van der Waals surface area contributed by atoms with Gasteiger partial charge in [0.1, 0.15) is 11.6 Å². The molecule has 1 saturated carbocycles. The Kier molecular flexibility index (Phi) is 4.25. The molecule has 114 valence electrons. The summed E-state index contributed by atoms with van der Waals surface area (Å²) in [6.07, 6.45) is 3.50. The van der Waals surface area contributed by atoms with Crippen molar-refractivity contribution >= 4 is 12.1 Å². The van der Waals surface area contributed by atoms with Gasteiger partial charge in [-0.1, -0.05) is 6.42 Å². The van der Waals surface area contributed by atoms with Crippen LogP contribution < -0.4 is 0 Å². The van der Waals surface area contributed by atoms with Crippen LogP contribution in [0.5, 0.6) is 0 Å². The van der Waals surface area contributed by atoms with Gasteiger partial charge in [-0.25, -0.2) is 9.59 Å². The van der Waals surface area contributed by atoms with Gasteiger partial charge in [0, 0.05) is 6.04 Å². The minimum atomic E-state index is -0.549. The molecule has 1 aliphatic heterocycles. The maximum atomic E-state index is 12.4. The maximum Gasteiger partial charge on any atom is 0.411 e. The number of amides is 1. The zero-order valence-electron chi connectivity index (χ0n) is 12.8. The van der Waals surface area contributed by atoms with Crippen molar-refractivity contribution in [3.63, 3.8) is 0 Å². The topological polar surface area (TPSA) is 55.8 Å². The van der Waals surface area contributed by atoms with E-state index in [1.165, 1.54) is 0 Å². The quantitative estimate of drug-likeness (QED) is 0.731. The predicted octanol–water partition coefficient (Wildman–Crippen LogP) is 2.73. The molecule has 0 aromatic carbocycles. The summed E-state index contributed by atoms with van der Waals surface area (Å²) in [5, 5.41) is 0. The first-order valence-corrected chi connectivity index (χ1v) is 7.51. The first kappa shape index (κ1) is 15.1. The number of carbonyl (C=O) groups excluding carboxylic acids is 2. The summed E-state index contributed by atoms with van der Waals surface area (Å²) in [6.45, 7) is 7.65. The molecule has 1 saturated heterocycles. The van der Waals surface area contributed by atoms with Crippen LogP contribution in [-0.2, 0) is 14.3 Å². The van der Waals surface area contributed by atoms with Crippen molar-refractivity contribution < 1.29 is 19.1 Å². The number of nitrogens with zero attached hydrogens (tertiary/aromatic N) is 1. The normalized spacial score (nSPS) is 29.2. The van der Waals surface area contributed by atoms with Crippen LogP contribution in [0.15, 0.2) is 0 Å². The van der Waals surface area contributed by atoms with E-state index in [4.69, 9.17) is 9.47 Å². The fraction of sp³-hybridized carbons (Fsp3) is 0.867. The van der Waals surface area contributed by atoms with Crippen molar-refractivity contribution in [2.45, 2.75) is 71.1 Å². The minimum Gasteiger partial charge on any atom is -0.464 e. The fourth-order valence-corrected chi connectivity index (χ4v) is 3.31. The molecular weight excluding hydrogens is 258 g/mol. The molecule has 2 bridgehead atoms. The van der Waals surface area contributed by atoms with Crippen molar-refractivity contribution in [1.29, 1.82) is 0 Å². The summed E-state index contributed by atoms with van der Waals surface area (Å²) in [5.41, 5.74) is -0.549. The number of hydrogen-bond donors (Lipinski definition) is 0. The van der Waals surface area contributed by atoms with Gasteiger partial charge in [0.2, 0.25) is 0 Å². The Morgan fingerprint density at radius 1 is 1.25 bits per heavy atom. The van der Waals surface area contributed by atoms with E-state index in [0.717, 1.165) is 25.7 Å². The summed E-state index contributed by atoms with van der Waals surface area (Å²) < 4.78 is 10.6. The lowest BCUT2D eigenvalue weighted by molar-refractivity contribution is -0.149. The molecule has 0 aromatic rings. The Morgan fingerprint density at radius 2 is 1.95 bits per heavy atom. The summed E-state index contributed by atoms with van der Waals surface area (Å²) in [5.74, 6) is -0.0620. The SMILES string of the molecule is CCOC(=O)[C@@H]1C2CCCC(C2)N1C(=O)OC(C)(C)C. The monoisotopic (exact) mass is 283 g/mol. The molecule has 5 nitrogen and oxygen atoms in total. The lowest BCUT2D eigenvalue weighted by atomic mass is 9.87. The molecule has 1 amide bonds. The molecule has 1 heterocycles. The van der Waals surface area contributed by atoms with Crippen molar-refractivity contribution in [3.8, 4) is 0 Å². The van der Waals surface area contributed by atoms with E-state index in [9.17, 15) is 9.59 Å². The highest BCUT2D eigenvalue weighted by Crippen LogP contribution is 2.41. The van der Waals surface area contributed by atoms with Gasteiger partial charge < -0.3 is 9.47 Å². The van der Waals surface area contributed by atoms with Gasteiger partial charge in [0.25, 0.3) is 0 Å². The molecule has 5 heteroatoms. The van der Waals surface area contributed by atoms with Crippen LogP contribution in [-0.4, -0.2) is 41.3 Å². The third-order valence-electron chi connectivity index (χ3n) is 3.96. The van der Waals surface area contributed by atoms with Crippen molar-refractivity contribution in [1.82, 2.24) is 4.90 Å². The van der Waals surface area contributed by atoms with Gasteiger partial charge in [-0.3, -0.25) is 4.90 Å². The van der Waals surface area contributed by atoms with Gasteiger partial charge in [0.05, 0.1) is 6.61 Å². The van der Waals surface area contributed by atoms with Crippen LogP contribution in [0.2, 0.25) is 0 Å². The van der Waals surface area contributed by atoms with Gasteiger partial charge in [-0.2, -0.15) is 0 Å². The average Bonchev–Trinajstić information content (AvgIpc) is 2.58. The van der Waals surface area contributed by atoms with Crippen LogP contribution in [0.4, 0.5) is 4.79 Å². The number of fused-ring (bicyclic) bond motifs is 2. The summed E-state index contributed by atoms with van der Waals surface area (Å²) in [4.78, 5) is 26.3. The lowest BCUT2D eigenvalue weighted by Gasteiger charge is -2.31. The number of hydrogen-bond acceptors (Lipinski definition) is 4. The van der Waals surface area contributed by atoms with E-state index in [-0.39, 0.29) is 24.0 Å². The van der Waals surface area contributed by atoms with E-state index in [1.807, 2.05) is 20.8 Å². The summed E-state index contributed by atoms with van der Waals surface area (Å²) >= 11 is 0. The lowest BCUT2D eigenvalue weighted by Crippen LogP contribution is -2.48. The number of ether oxygens (including phenoxy) is 2. The molecule has 3 atom stereocenters. The van der Waals surface area contributed by atoms with Crippen LogP contribution in [0, 0.1) is 5.92 Å². The van der Waals surface area contributed by atoms with E-state index in [1.54, 1.807) is 11.8 Å². The van der Waals surface area contributed by atoms with Crippen LogP contribution in [0.25, 0.3) is 0 Å². The highest BCUT2D eigenvalue weighted by atomic mass is 16.6. The first-order valence-electron chi connectivity index (χ1n) is 7.51. The summed E-state index contributed by atoms with van der Waals surface area (Å²) in [7, 11) is 0. The molecule has 0 aromatic heterocycles. The van der Waals surface area contributed by atoms with Crippen LogP contribution in [0.1, 0.15) is 53.4 Å². The molecule has 2 rings (SSSR count). The fourth-order valence-electron chi connectivity index (χ4n) is 3.31. The van der Waals surface area contributed by atoms with Gasteiger partial charge in [-0.05, 0) is 52.9 Å². The van der Waals surface area contributed by atoms with E-state index in [0.29, 0.717) is 6.61 Å². The zero-order chi connectivity index (χ0) is 14.9. The molecule has 2 unspecified atom stereocenters. The average molecular weight is 283 g/mol. The van der Waals surface area contributed by atoms with E-state index in [2.05, 4.69) is 0 Å². The number of rotatable bonds is 2. The minimum absolute atomic E-state index is 0.123. The van der Waals surface area contributed by atoms with Crippen LogP contribution >= 0.6 is 0 Å². The van der Waals surface area contributed by atoms with Crippen LogP contribution in [0.3, 0.4) is 0 Å². The third kappa shape index (κ3) is 3.07. The molecular formula is C15H25NO4. The number of esters is 1. The molecule has 0 N–H and O–H groups in total. The zero-order valence-corrected chi connectivity index (χ0v) is 12.8. The first-order chi connectivity index (χ1) is 9.33. The van der Waals surface area contributed by atoms with Gasteiger partial charge in [-0.15, -0.1) is 0 Å². The second-order valence-corrected chi connectivity index (χ2v) is 6.67. The van der Waals surface area contributed by atoms with Crippen molar-refractivity contribution in [3.05, 3.63) is 0 Å². The predicted molar refractivity (Wildman–Crippen MR) is 74.2 cm³/mol. The van der Waals surface area contributed by atoms with Gasteiger partial charge >= 0.3 is 12.1 Å². The standard InChI is InChI=1S/C15H25NO4/c1-5-19-13(17)12-10-7-6-8-11(9-10)16(12)14(18)20-15(2,3)4/h10-12H,5-9H2,1-4H3/t10?,11?,12-/m0/s1. The summed E-state index contributed by atoms with van der Waals surface area (Å²) in [6, 6.07) is -0.338. The maximum absolute atomic E-state index is 12.4. The van der Waals surface area contributed by atoms with Gasteiger partial charge in [0.15, 0.2) is 0 Å². The van der Waals surface area contributed by atoms with E-state index >= 15 is 0 Å². The highest BCUT2D eigenvalue weighted by molar-refractivity contribution is 5.83. The number of likely N-dealkylation sites (tertiary alicyclic amines) is 1. The molecule has 1 aliphatic carbocycles. The van der Waals surface area contributed by atoms with Crippen molar-refractivity contribution in [2.24, 2.45) is 5.92 Å². The molecule has 2 aliphatic rings. The smallest absolute Gasteiger partial charge is 0.411 e. The Hall–Kier alpha value is -1.26.